The Morgan fingerprint density at radius 2 is 1.75 bits per heavy atom. The standard InChI is InChI=1S/C20H22Cl2N2O3S/c1-13-3-4-14(2)19(11-13)28(26,27)24-9-7-16(8-10-24)23-20(25)17-12-15(21)5-6-18(17)22/h3-6,11-12,16H,7-10H2,1-2H3,(H,23,25). The van der Waals surface area contributed by atoms with E-state index in [0.717, 1.165) is 11.1 Å². The molecule has 0 unspecified atom stereocenters. The molecule has 150 valence electrons. The van der Waals surface area contributed by atoms with Crippen LogP contribution in [-0.2, 0) is 10.0 Å². The highest BCUT2D eigenvalue weighted by molar-refractivity contribution is 7.89. The Labute approximate surface area is 175 Å². The number of sulfonamides is 1. The fourth-order valence-electron chi connectivity index (χ4n) is 3.30. The molecule has 1 aliphatic heterocycles. The minimum absolute atomic E-state index is 0.118. The van der Waals surface area contributed by atoms with Gasteiger partial charge < -0.3 is 5.32 Å². The smallest absolute Gasteiger partial charge is 0.253 e. The molecule has 0 bridgehead atoms. The van der Waals surface area contributed by atoms with Crippen LogP contribution in [0.25, 0.3) is 0 Å². The van der Waals surface area contributed by atoms with Crippen LogP contribution >= 0.6 is 23.2 Å². The van der Waals surface area contributed by atoms with E-state index in [1.165, 1.54) is 10.4 Å². The molecule has 8 heteroatoms. The van der Waals surface area contributed by atoms with Crippen LogP contribution in [0.5, 0.6) is 0 Å². The SMILES string of the molecule is Cc1ccc(C)c(S(=O)(=O)N2CCC(NC(=O)c3cc(Cl)ccc3Cl)CC2)c1. The summed E-state index contributed by atoms with van der Waals surface area (Å²) in [5.41, 5.74) is 1.96. The first kappa shape index (κ1) is 21.1. The van der Waals surface area contributed by atoms with Crippen molar-refractivity contribution < 1.29 is 13.2 Å². The van der Waals surface area contributed by atoms with Gasteiger partial charge in [-0.25, -0.2) is 8.42 Å². The predicted octanol–water partition coefficient (Wildman–Crippen LogP) is 4.19. The number of nitrogens with one attached hydrogen (secondary N) is 1. The van der Waals surface area contributed by atoms with Crippen molar-refractivity contribution >= 4 is 39.1 Å². The molecule has 5 nitrogen and oxygen atoms in total. The molecular formula is C20H22Cl2N2O3S. The Kier molecular flexibility index (Phi) is 6.34. The van der Waals surface area contributed by atoms with Crippen molar-refractivity contribution in [3.8, 4) is 0 Å². The van der Waals surface area contributed by atoms with Crippen molar-refractivity contribution in [3.63, 3.8) is 0 Å². The van der Waals surface area contributed by atoms with Gasteiger partial charge in [0.15, 0.2) is 0 Å². The van der Waals surface area contributed by atoms with Crippen molar-refractivity contribution in [2.45, 2.75) is 37.6 Å². The lowest BCUT2D eigenvalue weighted by Crippen LogP contribution is -2.46. The maximum absolute atomic E-state index is 13.0. The molecule has 0 aromatic heterocycles. The molecule has 3 rings (SSSR count). The Balaban J connectivity index is 1.66. The lowest BCUT2D eigenvalue weighted by Gasteiger charge is -2.32. The number of carbonyl (C=O) groups excluding carboxylic acids is 1. The monoisotopic (exact) mass is 440 g/mol. The second-order valence-corrected chi connectivity index (χ2v) is 9.79. The van der Waals surface area contributed by atoms with E-state index >= 15 is 0 Å². The highest BCUT2D eigenvalue weighted by Gasteiger charge is 2.31. The summed E-state index contributed by atoms with van der Waals surface area (Å²) in [6.45, 7) is 4.38. The van der Waals surface area contributed by atoms with E-state index in [2.05, 4.69) is 5.32 Å². The van der Waals surface area contributed by atoms with Gasteiger partial charge in [-0.3, -0.25) is 4.79 Å². The zero-order valence-corrected chi connectivity index (χ0v) is 18.0. The normalized spacial score (nSPS) is 16.1. The summed E-state index contributed by atoms with van der Waals surface area (Å²) < 4.78 is 27.5. The van der Waals surface area contributed by atoms with E-state index in [0.29, 0.717) is 46.4 Å². The Bertz CT molecular complexity index is 1000. The van der Waals surface area contributed by atoms with Crippen molar-refractivity contribution in [2.24, 2.45) is 0 Å². The van der Waals surface area contributed by atoms with E-state index in [1.807, 2.05) is 19.1 Å². The van der Waals surface area contributed by atoms with Gasteiger partial charge in [0.1, 0.15) is 0 Å². The molecule has 1 amide bonds. The molecule has 0 atom stereocenters. The lowest BCUT2D eigenvalue weighted by molar-refractivity contribution is 0.0924. The number of rotatable bonds is 4. The van der Waals surface area contributed by atoms with E-state index in [1.54, 1.807) is 25.1 Å². The average Bonchev–Trinajstić information content (AvgIpc) is 2.66. The van der Waals surface area contributed by atoms with E-state index in [4.69, 9.17) is 23.2 Å². The number of hydrogen-bond donors (Lipinski definition) is 1. The van der Waals surface area contributed by atoms with E-state index < -0.39 is 10.0 Å². The second kappa shape index (κ2) is 8.41. The van der Waals surface area contributed by atoms with Gasteiger partial charge >= 0.3 is 0 Å². The molecule has 2 aromatic rings. The predicted molar refractivity (Wildman–Crippen MR) is 112 cm³/mol. The topological polar surface area (TPSA) is 66.5 Å². The van der Waals surface area contributed by atoms with Crippen molar-refractivity contribution in [3.05, 3.63) is 63.1 Å². The summed E-state index contributed by atoms with van der Waals surface area (Å²) in [7, 11) is -3.55. The maximum Gasteiger partial charge on any atom is 0.253 e. The fraction of sp³-hybridized carbons (Fsp3) is 0.350. The fourth-order valence-corrected chi connectivity index (χ4v) is 5.45. The lowest BCUT2D eigenvalue weighted by atomic mass is 10.1. The van der Waals surface area contributed by atoms with Gasteiger partial charge in [-0.1, -0.05) is 35.3 Å². The summed E-state index contributed by atoms with van der Waals surface area (Å²) in [5.74, 6) is -0.302. The van der Waals surface area contributed by atoms with Gasteiger partial charge in [-0.2, -0.15) is 4.31 Å². The molecule has 1 N–H and O–H groups in total. The van der Waals surface area contributed by atoms with Crippen LogP contribution in [0.2, 0.25) is 10.0 Å². The van der Waals surface area contributed by atoms with Crippen LogP contribution in [0.15, 0.2) is 41.3 Å². The van der Waals surface area contributed by atoms with E-state index in [-0.39, 0.29) is 11.9 Å². The number of carbonyl (C=O) groups is 1. The first-order valence-corrected chi connectivity index (χ1v) is 11.2. The zero-order chi connectivity index (χ0) is 20.5. The summed E-state index contributed by atoms with van der Waals surface area (Å²) in [6.07, 6.45) is 1.07. The molecule has 0 saturated carbocycles. The van der Waals surface area contributed by atoms with Crippen LogP contribution in [0.1, 0.15) is 34.3 Å². The molecule has 1 aliphatic rings. The third-order valence-electron chi connectivity index (χ3n) is 4.92. The van der Waals surface area contributed by atoms with Gasteiger partial charge in [0.05, 0.1) is 15.5 Å². The number of amides is 1. The Hall–Kier alpha value is -1.60. The number of aryl methyl sites for hydroxylation is 2. The molecule has 2 aromatic carbocycles. The van der Waals surface area contributed by atoms with Crippen molar-refractivity contribution in [1.29, 1.82) is 0 Å². The number of hydrogen-bond acceptors (Lipinski definition) is 3. The molecule has 1 heterocycles. The van der Waals surface area contributed by atoms with Gasteiger partial charge in [0.2, 0.25) is 10.0 Å². The first-order valence-electron chi connectivity index (χ1n) is 9.02. The van der Waals surface area contributed by atoms with E-state index in [9.17, 15) is 13.2 Å². The molecule has 1 fully saturated rings. The van der Waals surface area contributed by atoms with Crippen LogP contribution in [0, 0.1) is 13.8 Å². The van der Waals surface area contributed by atoms with Crippen molar-refractivity contribution in [1.82, 2.24) is 9.62 Å². The third-order valence-corrected chi connectivity index (χ3v) is 7.53. The highest BCUT2D eigenvalue weighted by atomic mass is 35.5. The van der Waals surface area contributed by atoms with Gasteiger partial charge in [0, 0.05) is 24.2 Å². The molecule has 0 aliphatic carbocycles. The summed E-state index contributed by atoms with van der Waals surface area (Å²) in [5, 5.41) is 3.70. The largest absolute Gasteiger partial charge is 0.349 e. The average molecular weight is 441 g/mol. The van der Waals surface area contributed by atoms with Crippen LogP contribution in [0.3, 0.4) is 0 Å². The minimum Gasteiger partial charge on any atom is -0.349 e. The molecule has 28 heavy (non-hydrogen) atoms. The molecule has 0 radical (unpaired) electrons. The van der Waals surface area contributed by atoms with Crippen LogP contribution in [0.4, 0.5) is 0 Å². The van der Waals surface area contributed by atoms with Crippen molar-refractivity contribution in [2.75, 3.05) is 13.1 Å². The zero-order valence-electron chi connectivity index (χ0n) is 15.7. The Morgan fingerprint density at radius 1 is 1.07 bits per heavy atom. The van der Waals surface area contributed by atoms with Gasteiger partial charge in [-0.15, -0.1) is 0 Å². The summed E-state index contributed by atoms with van der Waals surface area (Å²) >= 11 is 12.0. The summed E-state index contributed by atoms with van der Waals surface area (Å²) in [6, 6.07) is 10.0. The van der Waals surface area contributed by atoms with Crippen LogP contribution in [-0.4, -0.2) is 37.8 Å². The number of nitrogens with zero attached hydrogens (tertiary/aromatic N) is 1. The minimum atomic E-state index is -3.55. The first-order chi connectivity index (χ1) is 13.2. The molecule has 0 spiro atoms. The Morgan fingerprint density at radius 3 is 2.43 bits per heavy atom. The number of benzene rings is 2. The highest BCUT2D eigenvalue weighted by Crippen LogP contribution is 2.25. The maximum atomic E-state index is 13.0. The van der Waals surface area contributed by atoms with Crippen LogP contribution < -0.4 is 5.32 Å². The number of piperidine rings is 1. The van der Waals surface area contributed by atoms with Gasteiger partial charge in [-0.05, 0) is 62.1 Å². The van der Waals surface area contributed by atoms with Gasteiger partial charge in [0.25, 0.3) is 5.91 Å². The second-order valence-electron chi connectivity index (χ2n) is 7.04. The summed E-state index contributed by atoms with van der Waals surface area (Å²) in [4.78, 5) is 12.8. The molecular weight excluding hydrogens is 419 g/mol. The third kappa shape index (κ3) is 4.51. The number of halogens is 2. The molecule has 1 saturated heterocycles. The quantitative estimate of drug-likeness (QED) is 0.774.